The third kappa shape index (κ3) is 2.05. The van der Waals surface area contributed by atoms with Gasteiger partial charge in [-0.2, -0.15) is 0 Å². The number of aromatic nitrogens is 1. The molecule has 0 atom stereocenters. The number of carbonyl (C=O) groups excluding carboxylic acids is 1. The Balaban J connectivity index is 2.23. The van der Waals surface area contributed by atoms with Gasteiger partial charge >= 0.3 is 0 Å². The van der Waals surface area contributed by atoms with Gasteiger partial charge in [-0.3, -0.25) is 9.78 Å². The quantitative estimate of drug-likeness (QED) is 0.775. The number of hydrogen-bond donors (Lipinski definition) is 0. The summed E-state index contributed by atoms with van der Waals surface area (Å²) in [5, 5.41) is 1.89. The molecule has 2 heterocycles. The fourth-order valence-electron chi connectivity index (χ4n) is 1.23. The molecule has 0 aliphatic carbocycles. The molecular weight excluding hydrogens is 208 g/mol. The summed E-state index contributed by atoms with van der Waals surface area (Å²) in [6.45, 7) is 0. The van der Waals surface area contributed by atoms with E-state index in [4.69, 9.17) is 0 Å². The van der Waals surface area contributed by atoms with Gasteiger partial charge in [0.2, 0.25) is 0 Å². The summed E-state index contributed by atoms with van der Waals surface area (Å²) >= 11 is 1.44. The molecule has 2 aromatic heterocycles. The van der Waals surface area contributed by atoms with Crippen molar-refractivity contribution in [2.45, 2.75) is 0 Å². The Hall–Kier alpha value is -1.68. The van der Waals surface area contributed by atoms with Gasteiger partial charge in [-0.05, 0) is 23.6 Å². The molecule has 0 saturated carbocycles. The molecule has 0 fully saturated rings. The van der Waals surface area contributed by atoms with Crippen LogP contribution in [0.1, 0.15) is 9.67 Å². The van der Waals surface area contributed by atoms with Gasteiger partial charge in [-0.15, -0.1) is 11.3 Å². The second kappa shape index (κ2) is 4.23. The van der Waals surface area contributed by atoms with Crippen molar-refractivity contribution in [2.75, 3.05) is 11.9 Å². The summed E-state index contributed by atoms with van der Waals surface area (Å²) < 4.78 is 0. The lowest BCUT2D eigenvalue weighted by molar-refractivity contribution is 0.0997. The molecule has 2 rings (SSSR count). The van der Waals surface area contributed by atoms with E-state index in [1.54, 1.807) is 24.3 Å². The second-order valence-electron chi connectivity index (χ2n) is 3.05. The highest BCUT2D eigenvalue weighted by molar-refractivity contribution is 7.12. The standard InChI is InChI=1S/C11H10N2OS/c1-13(9-4-2-6-12-8-9)11(14)10-5-3-7-15-10/h2-8H,1H3. The fraction of sp³-hybridized carbons (Fsp3) is 0.0909. The van der Waals surface area contributed by atoms with Gasteiger partial charge in [0.1, 0.15) is 0 Å². The molecule has 0 radical (unpaired) electrons. The number of anilines is 1. The first-order chi connectivity index (χ1) is 7.29. The lowest BCUT2D eigenvalue weighted by Gasteiger charge is -2.15. The number of thiophene rings is 1. The van der Waals surface area contributed by atoms with Gasteiger partial charge < -0.3 is 4.90 Å². The van der Waals surface area contributed by atoms with Gasteiger partial charge in [0.15, 0.2) is 0 Å². The highest BCUT2D eigenvalue weighted by atomic mass is 32.1. The van der Waals surface area contributed by atoms with Gasteiger partial charge in [-0.25, -0.2) is 0 Å². The number of pyridine rings is 1. The summed E-state index contributed by atoms with van der Waals surface area (Å²) in [7, 11) is 1.75. The van der Waals surface area contributed by atoms with Crippen LogP contribution in [0.25, 0.3) is 0 Å². The number of hydrogen-bond acceptors (Lipinski definition) is 3. The zero-order chi connectivity index (χ0) is 10.7. The summed E-state index contributed by atoms with van der Waals surface area (Å²) in [4.78, 5) is 18.2. The van der Waals surface area contributed by atoms with E-state index in [-0.39, 0.29) is 5.91 Å². The summed E-state index contributed by atoms with van der Waals surface area (Å²) in [6.07, 6.45) is 3.36. The third-order valence-corrected chi connectivity index (χ3v) is 2.93. The van der Waals surface area contributed by atoms with E-state index in [2.05, 4.69) is 4.98 Å². The summed E-state index contributed by atoms with van der Waals surface area (Å²) in [5.74, 6) is -0.00185. The van der Waals surface area contributed by atoms with Crippen molar-refractivity contribution < 1.29 is 4.79 Å². The minimum Gasteiger partial charge on any atom is -0.309 e. The molecule has 1 amide bonds. The van der Waals surface area contributed by atoms with Crippen LogP contribution in [0.5, 0.6) is 0 Å². The van der Waals surface area contributed by atoms with E-state index in [1.807, 2.05) is 29.6 Å². The van der Waals surface area contributed by atoms with Crippen molar-refractivity contribution in [3.05, 3.63) is 46.9 Å². The molecule has 15 heavy (non-hydrogen) atoms. The van der Waals surface area contributed by atoms with Crippen molar-refractivity contribution in [3.63, 3.8) is 0 Å². The summed E-state index contributed by atoms with van der Waals surface area (Å²) in [6, 6.07) is 7.36. The van der Waals surface area contributed by atoms with Crippen LogP contribution in [0, 0.1) is 0 Å². The average molecular weight is 218 g/mol. The normalized spacial score (nSPS) is 9.93. The highest BCUT2D eigenvalue weighted by Crippen LogP contribution is 2.16. The van der Waals surface area contributed by atoms with E-state index in [1.165, 1.54) is 11.3 Å². The average Bonchev–Trinajstić information content (AvgIpc) is 2.82. The Kier molecular flexibility index (Phi) is 2.78. The number of amides is 1. The predicted molar refractivity (Wildman–Crippen MR) is 61.3 cm³/mol. The third-order valence-electron chi connectivity index (χ3n) is 2.07. The maximum absolute atomic E-state index is 11.9. The van der Waals surface area contributed by atoms with Crippen LogP contribution in [0.3, 0.4) is 0 Å². The van der Waals surface area contributed by atoms with Crippen molar-refractivity contribution in [1.29, 1.82) is 0 Å². The van der Waals surface area contributed by atoms with Crippen LogP contribution >= 0.6 is 11.3 Å². The van der Waals surface area contributed by atoms with Crippen LogP contribution in [-0.2, 0) is 0 Å². The molecule has 0 spiro atoms. The van der Waals surface area contributed by atoms with E-state index < -0.39 is 0 Å². The lowest BCUT2D eigenvalue weighted by atomic mass is 10.3. The Morgan fingerprint density at radius 3 is 2.87 bits per heavy atom. The van der Waals surface area contributed by atoms with Gasteiger partial charge in [-0.1, -0.05) is 6.07 Å². The molecule has 2 aromatic rings. The smallest absolute Gasteiger partial charge is 0.268 e. The monoisotopic (exact) mass is 218 g/mol. The van der Waals surface area contributed by atoms with E-state index >= 15 is 0 Å². The zero-order valence-corrected chi connectivity index (χ0v) is 9.07. The molecule has 3 nitrogen and oxygen atoms in total. The zero-order valence-electron chi connectivity index (χ0n) is 8.25. The Labute approximate surface area is 92.0 Å². The Morgan fingerprint density at radius 1 is 1.40 bits per heavy atom. The summed E-state index contributed by atoms with van der Waals surface area (Å²) in [5.41, 5.74) is 0.802. The number of nitrogens with zero attached hydrogens (tertiary/aromatic N) is 2. The minimum absolute atomic E-state index is 0.00185. The molecule has 0 saturated heterocycles. The largest absolute Gasteiger partial charge is 0.309 e. The SMILES string of the molecule is CN(C(=O)c1cccs1)c1cccnc1. The van der Waals surface area contributed by atoms with Gasteiger partial charge in [0, 0.05) is 13.2 Å². The second-order valence-corrected chi connectivity index (χ2v) is 4.00. The number of carbonyl (C=O) groups is 1. The maximum Gasteiger partial charge on any atom is 0.268 e. The highest BCUT2D eigenvalue weighted by Gasteiger charge is 2.13. The van der Waals surface area contributed by atoms with Crippen molar-refractivity contribution >= 4 is 22.9 Å². The van der Waals surface area contributed by atoms with Crippen molar-refractivity contribution in [3.8, 4) is 0 Å². The van der Waals surface area contributed by atoms with Crippen LogP contribution in [0.2, 0.25) is 0 Å². The van der Waals surface area contributed by atoms with Crippen LogP contribution in [0.15, 0.2) is 42.0 Å². The molecule has 0 aliphatic rings. The maximum atomic E-state index is 11.9. The molecule has 0 N–H and O–H groups in total. The molecular formula is C11H10N2OS. The minimum atomic E-state index is -0.00185. The molecule has 76 valence electrons. The first-order valence-corrected chi connectivity index (χ1v) is 5.38. The number of rotatable bonds is 2. The van der Waals surface area contributed by atoms with E-state index in [0.29, 0.717) is 0 Å². The van der Waals surface area contributed by atoms with Crippen molar-refractivity contribution in [2.24, 2.45) is 0 Å². The molecule has 0 unspecified atom stereocenters. The molecule has 4 heteroatoms. The first kappa shape index (κ1) is 9.86. The van der Waals surface area contributed by atoms with Crippen LogP contribution < -0.4 is 4.90 Å². The molecule has 0 bridgehead atoms. The van der Waals surface area contributed by atoms with Crippen LogP contribution in [0.4, 0.5) is 5.69 Å². The predicted octanol–water partition coefficient (Wildman–Crippen LogP) is 2.42. The fourth-order valence-corrected chi connectivity index (χ4v) is 1.93. The van der Waals surface area contributed by atoms with Gasteiger partial charge in [0.05, 0.1) is 16.8 Å². The topological polar surface area (TPSA) is 33.2 Å². The molecule has 0 aromatic carbocycles. The van der Waals surface area contributed by atoms with E-state index in [0.717, 1.165) is 10.6 Å². The van der Waals surface area contributed by atoms with Gasteiger partial charge in [0.25, 0.3) is 5.91 Å². The van der Waals surface area contributed by atoms with Crippen LogP contribution in [-0.4, -0.2) is 17.9 Å². The van der Waals surface area contributed by atoms with Crippen molar-refractivity contribution in [1.82, 2.24) is 4.98 Å². The Morgan fingerprint density at radius 2 is 2.27 bits per heavy atom. The first-order valence-electron chi connectivity index (χ1n) is 4.50. The lowest BCUT2D eigenvalue weighted by Crippen LogP contribution is -2.25. The molecule has 0 aliphatic heterocycles. The van der Waals surface area contributed by atoms with E-state index in [9.17, 15) is 4.79 Å². The Bertz CT molecular complexity index is 439.